The first kappa shape index (κ1) is 21.4. The molecule has 0 unspecified atom stereocenters. The summed E-state index contributed by atoms with van der Waals surface area (Å²) in [6, 6.07) is 15.9. The van der Waals surface area contributed by atoms with Crippen LogP contribution in [0.15, 0.2) is 65.6 Å². The van der Waals surface area contributed by atoms with Crippen LogP contribution in [-0.4, -0.2) is 26.8 Å². The van der Waals surface area contributed by atoms with E-state index < -0.39 is 15.9 Å². The van der Waals surface area contributed by atoms with Gasteiger partial charge in [-0.15, -0.1) is 0 Å². The highest BCUT2D eigenvalue weighted by Crippen LogP contribution is 2.30. The molecule has 0 spiro atoms. The minimum atomic E-state index is -3.81. The monoisotopic (exact) mass is 451 g/mol. The van der Waals surface area contributed by atoms with Crippen molar-refractivity contribution in [3.63, 3.8) is 0 Å². The Hall–Kier alpha value is -3.85. The maximum atomic E-state index is 12.7. The summed E-state index contributed by atoms with van der Waals surface area (Å²) in [5.74, 6) is -0.166. The molecular formula is C23H21N3O5S. The molecule has 4 rings (SSSR count). The second-order valence-corrected chi connectivity index (χ2v) is 9.06. The molecule has 3 N–H and O–H groups in total. The number of aryl methyl sites for hydroxylation is 1. The van der Waals surface area contributed by atoms with E-state index in [-0.39, 0.29) is 23.0 Å². The van der Waals surface area contributed by atoms with Crippen LogP contribution in [0.2, 0.25) is 0 Å². The van der Waals surface area contributed by atoms with Gasteiger partial charge in [-0.05, 0) is 73.5 Å². The topological polar surface area (TPSA) is 114 Å². The van der Waals surface area contributed by atoms with Crippen molar-refractivity contribution in [1.82, 2.24) is 0 Å². The standard InChI is InChI=1S/C23H21N3O5S/c1-14-4-3-5-19(15(14)2)26-32(29,30)18-9-6-16(7-10-18)23(28)24-17-8-11-21-20(12-17)25-22(27)13-31-21/h3-12,26H,13H2,1-2H3,(H,24,28)(H,25,27). The summed E-state index contributed by atoms with van der Waals surface area (Å²) >= 11 is 0. The van der Waals surface area contributed by atoms with Crippen LogP contribution in [0.3, 0.4) is 0 Å². The number of rotatable bonds is 5. The maximum Gasteiger partial charge on any atom is 0.262 e. The van der Waals surface area contributed by atoms with E-state index in [1.54, 1.807) is 30.3 Å². The van der Waals surface area contributed by atoms with E-state index in [1.807, 2.05) is 19.9 Å². The normalized spacial score (nSPS) is 12.9. The van der Waals surface area contributed by atoms with Crippen molar-refractivity contribution in [2.75, 3.05) is 22.0 Å². The van der Waals surface area contributed by atoms with Gasteiger partial charge >= 0.3 is 0 Å². The molecule has 0 aromatic heterocycles. The van der Waals surface area contributed by atoms with Gasteiger partial charge in [-0.2, -0.15) is 0 Å². The van der Waals surface area contributed by atoms with E-state index in [9.17, 15) is 18.0 Å². The molecule has 0 bridgehead atoms. The van der Waals surface area contributed by atoms with Crippen LogP contribution in [0.25, 0.3) is 0 Å². The van der Waals surface area contributed by atoms with E-state index in [0.717, 1.165) is 11.1 Å². The highest BCUT2D eigenvalue weighted by molar-refractivity contribution is 7.92. The Morgan fingerprint density at radius 2 is 1.78 bits per heavy atom. The van der Waals surface area contributed by atoms with E-state index in [1.165, 1.54) is 24.3 Å². The molecule has 2 amide bonds. The molecular weight excluding hydrogens is 430 g/mol. The molecule has 9 heteroatoms. The number of anilines is 3. The fraction of sp³-hybridized carbons (Fsp3) is 0.130. The molecule has 0 radical (unpaired) electrons. The van der Waals surface area contributed by atoms with Crippen LogP contribution < -0.4 is 20.1 Å². The number of hydrogen-bond donors (Lipinski definition) is 3. The second-order valence-electron chi connectivity index (χ2n) is 7.38. The largest absolute Gasteiger partial charge is 0.482 e. The summed E-state index contributed by atoms with van der Waals surface area (Å²) in [6.07, 6.45) is 0. The van der Waals surface area contributed by atoms with Crippen molar-refractivity contribution in [3.05, 3.63) is 77.4 Å². The number of nitrogens with one attached hydrogen (secondary N) is 3. The predicted octanol–water partition coefficient (Wildman–Crippen LogP) is 3.69. The van der Waals surface area contributed by atoms with Gasteiger partial charge in [0.15, 0.2) is 6.61 Å². The first-order valence-corrected chi connectivity index (χ1v) is 11.3. The van der Waals surface area contributed by atoms with Crippen molar-refractivity contribution in [2.24, 2.45) is 0 Å². The van der Waals surface area contributed by atoms with Crippen LogP contribution in [0.4, 0.5) is 17.1 Å². The van der Waals surface area contributed by atoms with Crippen LogP contribution in [0, 0.1) is 13.8 Å². The van der Waals surface area contributed by atoms with E-state index in [2.05, 4.69) is 15.4 Å². The lowest BCUT2D eigenvalue weighted by Gasteiger charge is -2.18. The number of amides is 2. The summed E-state index contributed by atoms with van der Waals surface area (Å²) in [7, 11) is -3.81. The molecule has 32 heavy (non-hydrogen) atoms. The van der Waals surface area contributed by atoms with Gasteiger partial charge in [-0.3, -0.25) is 14.3 Å². The van der Waals surface area contributed by atoms with Crippen molar-refractivity contribution < 1.29 is 22.7 Å². The first-order chi connectivity index (χ1) is 15.2. The average Bonchev–Trinajstić information content (AvgIpc) is 2.76. The summed E-state index contributed by atoms with van der Waals surface area (Å²) in [5, 5.41) is 5.40. The number of fused-ring (bicyclic) bond motifs is 1. The molecule has 8 nitrogen and oxygen atoms in total. The van der Waals surface area contributed by atoms with Gasteiger partial charge in [-0.1, -0.05) is 12.1 Å². The lowest BCUT2D eigenvalue weighted by Crippen LogP contribution is -2.25. The van der Waals surface area contributed by atoms with E-state index in [4.69, 9.17) is 4.74 Å². The summed E-state index contributed by atoms with van der Waals surface area (Å²) in [6.45, 7) is 3.70. The van der Waals surface area contributed by atoms with Crippen LogP contribution in [0.1, 0.15) is 21.5 Å². The average molecular weight is 452 g/mol. The van der Waals surface area contributed by atoms with Crippen molar-refractivity contribution in [2.45, 2.75) is 18.7 Å². The Balaban J connectivity index is 1.48. The van der Waals surface area contributed by atoms with Crippen LogP contribution in [-0.2, 0) is 14.8 Å². The number of hydrogen-bond acceptors (Lipinski definition) is 5. The van der Waals surface area contributed by atoms with Gasteiger partial charge in [-0.25, -0.2) is 8.42 Å². The van der Waals surface area contributed by atoms with Crippen molar-refractivity contribution in [3.8, 4) is 5.75 Å². The van der Waals surface area contributed by atoms with Gasteiger partial charge in [0, 0.05) is 11.3 Å². The Morgan fingerprint density at radius 1 is 1.03 bits per heavy atom. The molecule has 0 saturated heterocycles. The van der Waals surface area contributed by atoms with Gasteiger partial charge in [0.05, 0.1) is 16.3 Å². The quantitative estimate of drug-likeness (QED) is 0.548. The second kappa shape index (κ2) is 8.35. The highest BCUT2D eigenvalue weighted by atomic mass is 32.2. The maximum absolute atomic E-state index is 12.7. The summed E-state index contributed by atoms with van der Waals surface area (Å²) in [4.78, 5) is 24.1. The number of sulfonamides is 1. The Morgan fingerprint density at radius 3 is 2.53 bits per heavy atom. The summed E-state index contributed by atoms with van der Waals surface area (Å²) in [5.41, 5.74) is 3.55. The van der Waals surface area contributed by atoms with Gasteiger partial charge < -0.3 is 15.4 Å². The number of carbonyl (C=O) groups is 2. The lowest BCUT2D eigenvalue weighted by atomic mass is 10.1. The molecule has 0 aliphatic carbocycles. The predicted molar refractivity (Wildman–Crippen MR) is 122 cm³/mol. The fourth-order valence-electron chi connectivity index (χ4n) is 3.21. The zero-order valence-corrected chi connectivity index (χ0v) is 18.2. The molecule has 1 aliphatic rings. The number of ether oxygens (including phenoxy) is 1. The zero-order valence-electron chi connectivity index (χ0n) is 17.4. The number of carbonyl (C=O) groups excluding carboxylic acids is 2. The molecule has 1 heterocycles. The molecule has 0 atom stereocenters. The first-order valence-electron chi connectivity index (χ1n) is 9.80. The van der Waals surface area contributed by atoms with E-state index >= 15 is 0 Å². The van der Waals surface area contributed by atoms with Crippen molar-refractivity contribution in [1.29, 1.82) is 0 Å². The third kappa shape index (κ3) is 4.42. The minimum Gasteiger partial charge on any atom is -0.482 e. The number of benzene rings is 3. The molecule has 3 aromatic rings. The fourth-order valence-corrected chi connectivity index (χ4v) is 4.34. The van der Waals surface area contributed by atoms with E-state index in [0.29, 0.717) is 22.8 Å². The molecule has 0 fully saturated rings. The minimum absolute atomic E-state index is 0.0450. The lowest BCUT2D eigenvalue weighted by molar-refractivity contribution is -0.118. The molecule has 164 valence electrons. The Kier molecular flexibility index (Phi) is 5.58. The molecule has 1 aliphatic heterocycles. The van der Waals surface area contributed by atoms with Crippen LogP contribution in [0.5, 0.6) is 5.75 Å². The van der Waals surface area contributed by atoms with Crippen LogP contribution >= 0.6 is 0 Å². The third-order valence-corrected chi connectivity index (χ3v) is 6.53. The molecule has 0 saturated carbocycles. The van der Waals surface area contributed by atoms with Gasteiger partial charge in [0.1, 0.15) is 5.75 Å². The van der Waals surface area contributed by atoms with Gasteiger partial charge in [0.25, 0.3) is 21.8 Å². The molecule has 3 aromatic carbocycles. The highest BCUT2D eigenvalue weighted by Gasteiger charge is 2.18. The van der Waals surface area contributed by atoms with Gasteiger partial charge in [0.2, 0.25) is 0 Å². The SMILES string of the molecule is Cc1cccc(NS(=O)(=O)c2ccc(C(=O)Nc3ccc4c(c3)NC(=O)CO4)cc2)c1C. The summed E-state index contributed by atoms with van der Waals surface area (Å²) < 4.78 is 33.4. The Labute approximate surface area is 185 Å². The smallest absolute Gasteiger partial charge is 0.262 e. The third-order valence-electron chi connectivity index (χ3n) is 5.15. The van der Waals surface area contributed by atoms with Crippen molar-refractivity contribution >= 4 is 38.9 Å². The zero-order chi connectivity index (χ0) is 22.9. The Bertz CT molecular complexity index is 1320.